The molecule has 0 aliphatic heterocycles. The second-order valence-corrected chi connectivity index (χ2v) is 9.16. The third-order valence-corrected chi connectivity index (χ3v) is 6.77. The molecule has 1 heterocycles. The lowest BCUT2D eigenvalue weighted by Crippen LogP contribution is -2.19. The SMILES string of the molecule is C[C@@H](OC(=O)Nc1cc(-c2ccc(-c3ccc(C4(C(=O)O)CC4)cc3)cc2)nn1C)c1ccccc1. The summed E-state index contributed by atoms with van der Waals surface area (Å²) in [5.41, 5.74) is 4.76. The number of hydrogen-bond acceptors (Lipinski definition) is 4. The third kappa shape index (κ3) is 4.60. The standard InChI is InChI=1S/C29H27N3O4/c1-19(20-6-4-3-5-7-20)36-28(35)30-26-18-25(31-32(26)2)23-10-8-21(9-11-23)22-12-14-24(15-13-22)29(16-17-29)27(33)34/h3-15,18-19H,16-17H2,1-2H3,(H,30,35)(H,33,34)/t19-/m1/s1. The highest BCUT2D eigenvalue weighted by Crippen LogP contribution is 2.48. The second kappa shape index (κ2) is 9.34. The van der Waals surface area contributed by atoms with Crippen LogP contribution in [0.25, 0.3) is 22.4 Å². The molecule has 1 aliphatic rings. The number of hydrogen-bond donors (Lipinski definition) is 2. The molecule has 36 heavy (non-hydrogen) atoms. The number of carbonyl (C=O) groups is 2. The molecule has 1 fully saturated rings. The molecular formula is C29H27N3O4. The highest BCUT2D eigenvalue weighted by atomic mass is 16.6. The number of ether oxygens (including phenoxy) is 1. The van der Waals surface area contributed by atoms with E-state index in [-0.39, 0.29) is 6.10 Å². The fraction of sp³-hybridized carbons (Fsp3) is 0.207. The topological polar surface area (TPSA) is 93.4 Å². The molecule has 4 aromatic rings. The van der Waals surface area contributed by atoms with E-state index in [9.17, 15) is 14.7 Å². The van der Waals surface area contributed by atoms with Gasteiger partial charge in [-0.2, -0.15) is 5.10 Å². The van der Waals surface area contributed by atoms with Crippen LogP contribution >= 0.6 is 0 Å². The molecule has 7 nitrogen and oxygen atoms in total. The summed E-state index contributed by atoms with van der Waals surface area (Å²) in [4.78, 5) is 24.0. The lowest BCUT2D eigenvalue weighted by molar-refractivity contribution is -0.140. The number of nitrogens with zero attached hydrogens (tertiary/aromatic N) is 2. The van der Waals surface area contributed by atoms with Crippen LogP contribution in [0.4, 0.5) is 10.6 Å². The monoisotopic (exact) mass is 481 g/mol. The lowest BCUT2D eigenvalue weighted by atomic mass is 9.93. The summed E-state index contributed by atoms with van der Waals surface area (Å²) >= 11 is 0. The lowest BCUT2D eigenvalue weighted by Gasteiger charge is -2.14. The van der Waals surface area contributed by atoms with Crippen molar-refractivity contribution in [3.63, 3.8) is 0 Å². The summed E-state index contributed by atoms with van der Waals surface area (Å²) < 4.78 is 7.10. The maximum Gasteiger partial charge on any atom is 0.413 e. The molecule has 0 bridgehead atoms. The number of carboxylic acids is 1. The van der Waals surface area contributed by atoms with Crippen molar-refractivity contribution in [3.05, 3.63) is 96.1 Å². The average molecular weight is 482 g/mol. The third-order valence-electron chi connectivity index (χ3n) is 6.77. The molecule has 0 spiro atoms. The Morgan fingerprint density at radius 2 is 1.53 bits per heavy atom. The zero-order chi connectivity index (χ0) is 25.3. The Bertz CT molecular complexity index is 1390. The average Bonchev–Trinajstić information content (AvgIpc) is 3.64. The van der Waals surface area contributed by atoms with Crippen molar-refractivity contribution in [3.8, 4) is 22.4 Å². The van der Waals surface area contributed by atoms with Gasteiger partial charge in [-0.25, -0.2) is 4.79 Å². The van der Waals surface area contributed by atoms with Gasteiger partial charge in [-0.05, 0) is 42.0 Å². The molecule has 1 aliphatic carbocycles. The summed E-state index contributed by atoms with van der Waals surface area (Å²) in [7, 11) is 1.76. The maximum absolute atomic E-state index is 12.4. The van der Waals surface area contributed by atoms with Crippen LogP contribution in [0, 0.1) is 0 Å². The number of carbonyl (C=O) groups excluding carboxylic acids is 1. The Morgan fingerprint density at radius 1 is 0.944 bits per heavy atom. The number of carboxylic acid groups (broad SMARTS) is 1. The van der Waals surface area contributed by atoms with Gasteiger partial charge in [-0.15, -0.1) is 0 Å². The van der Waals surface area contributed by atoms with Gasteiger partial charge in [0.05, 0.1) is 11.1 Å². The van der Waals surface area contributed by atoms with E-state index in [0.717, 1.165) is 33.5 Å². The van der Waals surface area contributed by atoms with E-state index in [4.69, 9.17) is 4.74 Å². The van der Waals surface area contributed by atoms with Gasteiger partial charge in [-0.3, -0.25) is 14.8 Å². The largest absolute Gasteiger partial charge is 0.481 e. The molecule has 2 N–H and O–H groups in total. The molecule has 1 saturated carbocycles. The van der Waals surface area contributed by atoms with Crippen LogP contribution in [0.5, 0.6) is 0 Å². The van der Waals surface area contributed by atoms with E-state index in [2.05, 4.69) is 10.4 Å². The van der Waals surface area contributed by atoms with E-state index in [1.165, 1.54) is 0 Å². The Hall–Kier alpha value is -4.39. The van der Waals surface area contributed by atoms with Gasteiger partial charge in [0.2, 0.25) is 0 Å². The van der Waals surface area contributed by atoms with Gasteiger partial charge in [0.1, 0.15) is 11.9 Å². The van der Waals surface area contributed by atoms with Crippen molar-refractivity contribution >= 4 is 17.9 Å². The van der Waals surface area contributed by atoms with Crippen molar-refractivity contribution in [1.82, 2.24) is 9.78 Å². The van der Waals surface area contributed by atoms with Crippen LogP contribution in [-0.2, 0) is 22.0 Å². The normalized spacial score (nSPS) is 14.6. The minimum atomic E-state index is -0.747. The molecule has 0 saturated heterocycles. The number of rotatable bonds is 7. The molecule has 1 aromatic heterocycles. The van der Waals surface area contributed by atoms with Crippen LogP contribution in [0.2, 0.25) is 0 Å². The fourth-order valence-electron chi connectivity index (χ4n) is 4.38. The van der Waals surface area contributed by atoms with Crippen LogP contribution in [-0.4, -0.2) is 26.9 Å². The van der Waals surface area contributed by atoms with Crippen LogP contribution < -0.4 is 5.32 Å². The Morgan fingerprint density at radius 3 is 2.11 bits per heavy atom. The van der Waals surface area contributed by atoms with E-state index in [1.54, 1.807) is 17.8 Å². The van der Waals surface area contributed by atoms with Crippen LogP contribution in [0.15, 0.2) is 84.9 Å². The van der Waals surface area contributed by atoms with Gasteiger partial charge in [0.15, 0.2) is 0 Å². The van der Waals surface area contributed by atoms with Gasteiger partial charge >= 0.3 is 12.1 Å². The quantitative estimate of drug-likeness (QED) is 0.329. The zero-order valence-corrected chi connectivity index (χ0v) is 20.1. The zero-order valence-electron chi connectivity index (χ0n) is 20.1. The second-order valence-electron chi connectivity index (χ2n) is 9.16. The van der Waals surface area contributed by atoms with Gasteiger partial charge in [-0.1, -0.05) is 78.9 Å². The van der Waals surface area contributed by atoms with Crippen molar-refractivity contribution in [2.75, 3.05) is 5.32 Å². The number of nitrogens with one attached hydrogen (secondary N) is 1. The molecule has 1 amide bonds. The molecule has 0 unspecified atom stereocenters. The van der Waals surface area contributed by atoms with E-state index < -0.39 is 17.5 Å². The Kier molecular flexibility index (Phi) is 6.06. The van der Waals surface area contributed by atoms with E-state index in [0.29, 0.717) is 18.7 Å². The summed E-state index contributed by atoms with van der Waals surface area (Å²) in [6, 6.07) is 27.1. The van der Waals surface area contributed by atoms with Crippen molar-refractivity contribution in [2.24, 2.45) is 7.05 Å². The number of amides is 1. The summed E-state index contributed by atoms with van der Waals surface area (Å²) in [5, 5.41) is 16.8. The van der Waals surface area contributed by atoms with Crippen molar-refractivity contribution < 1.29 is 19.4 Å². The number of benzene rings is 3. The first kappa shape index (κ1) is 23.4. The minimum Gasteiger partial charge on any atom is -0.481 e. The van der Waals surface area contributed by atoms with Crippen molar-refractivity contribution in [2.45, 2.75) is 31.3 Å². The molecule has 1 atom stereocenters. The van der Waals surface area contributed by atoms with Crippen LogP contribution in [0.1, 0.15) is 37.0 Å². The first-order valence-corrected chi connectivity index (χ1v) is 11.9. The summed E-state index contributed by atoms with van der Waals surface area (Å²) in [5.74, 6) is -0.217. The molecule has 7 heteroatoms. The highest BCUT2D eigenvalue weighted by molar-refractivity contribution is 5.86. The summed E-state index contributed by atoms with van der Waals surface area (Å²) in [6.07, 6.45) is 0.470. The predicted molar refractivity (Wildman–Crippen MR) is 138 cm³/mol. The predicted octanol–water partition coefficient (Wildman–Crippen LogP) is 6.18. The Labute approximate surface area is 209 Å². The highest BCUT2D eigenvalue weighted by Gasteiger charge is 2.51. The number of aliphatic carboxylic acids is 1. The molecule has 0 radical (unpaired) electrons. The molecule has 3 aromatic carbocycles. The molecule has 5 rings (SSSR count). The minimum absolute atomic E-state index is 0.376. The molecular weight excluding hydrogens is 454 g/mol. The number of aromatic nitrogens is 2. The van der Waals surface area contributed by atoms with Crippen molar-refractivity contribution in [1.29, 1.82) is 0 Å². The van der Waals surface area contributed by atoms with Gasteiger partial charge in [0, 0.05) is 18.7 Å². The van der Waals surface area contributed by atoms with Gasteiger partial charge < -0.3 is 9.84 Å². The first-order chi connectivity index (χ1) is 17.4. The smallest absolute Gasteiger partial charge is 0.413 e. The van der Waals surface area contributed by atoms with Gasteiger partial charge in [0.25, 0.3) is 0 Å². The number of aryl methyl sites for hydroxylation is 1. The van der Waals surface area contributed by atoms with E-state index >= 15 is 0 Å². The van der Waals surface area contributed by atoms with Crippen LogP contribution in [0.3, 0.4) is 0 Å². The first-order valence-electron chi connectivity index (χ1n) is 11.9. The number of anilines is 1. The maximum atomic E-state index is 12.4. The molecule has 182 valence electrons. The summed E-state index contributed by atoms with van der Waals surface area (Å²) in [6.45, 7) is 1.83. The van der Waals surface area contributed by atoms with E-state index in [1.807, 2.05) is 85.8 Å². The Balaban J connectivity index is 1.25. The fourth-order valence-corrected chi connectivity index (χ4v) is 4.38.